The maximum absolute atomic E-state index is 12.8. The normalized spacial score (nSPS) is 11.7. The Hall–Kier alpha value is -3.21. The van der Waals surface area contributed by atoms with Crippen molar-refractivity contribution in [3.63, 3.8) is 0 Å². The van der Waals surface area contributed by atoms with E-state index < -0.39 is 21.8 Å². The maximum atomic E-state index is 12.8. The van der Waals surface area contributed by atoms with Gasteiger partial charge in [-0.2, -0.15) is 0 Å². The van der Waals surface area contributed by atoms with Crippen LogP contribution in [0.2, 0.25) is 0 Å². The van der Waals surface area contributed by atoms with Crippen LogP contribution in [-0.4, -0.2) is 20.2 Å². The van der Waals surface area contributed by atoms with Gasteiger partial charge in [0.05, 0.1) is 11.2 Å². The molecule has 154 valence electrons. The first-order chi connectivity index (χ1) is 14.2. The second-order valence-electron chi connectivity index (χ2n) is 6.06. The lowest BCUT2D eigenvalue weighted by Gasteiger charge is -2.11. The van der Waals surface area contributed by atoms with Gasteiger partial charge in [-0.05, 0) is 60.2 Å². The molecule has 0 atom stereocenters. The van der Waals surface area contributed by atoms with E-state index in [1.165, 1.54) is 42.7 Å². The van der Waals surface area contributed by atoms with Crippen LogP contribution in [-0.2, 0) is 14.8 Å². The lowest BCUT2D eigenvalue weighted by Crippen LogP contribution is -2.30. The van der Waals surface area contributed by atoms with E-state index in [9.17, 15) is 18.0 Å². The molecule has 2 aromatic carbocycles. The summed E-state index contributed by atoms with van der Waals surface area (Å²) in [5, 5.41) is 10.2. The molecule has 8 nitrogen and oxygen atoms in total. The van der Waals surface area contributed by atoms with Gasteiger partial charge in [0.25, 0.3) is 11.8 Å². The fraction of sp³-hybridized carbons (Fsp3) is 0. The largest absolute Gasteiger partial charge is 0.459 e. The van der Waals surface area contributed by atoms with Gasteiger partial charge in [-0.15, -0.1) is 0 Å². The number of rotatable bonds is 6. The number of hydrogen-bond acceptors (Lipinski definition) is 5. The topological polar surface area (TPSA) is 132 Å². The molecule has 0 fully saturated rings. The Balaban J connectivity index is 1.85. The molecule has 3 rings (SSSR count). The summed E-state index contributed by atoms with van der Waals surface area (Å²) in [6, 6.07) is 15.5. The number of amides is 2. The minimum atomic E-state index is -3.84. The van der Waals surface area contributed by atoms with Gasteiger partial charge >= 0.3 is 0 Å². The number of primary sulfonamides is 1. The van der Waals surface area contributed by atoms with Gasteiger partial charge in [-0.3, -0.25) is 9.59 Å². The summed E-state index contributed by atoms with van der Waals surface area (Å²) >= 11 is 3.34. The molecule has 0 aliphatic carbocycles. The molecular formula is C20H16BrN3O5S. The molecule has 0 aliphatic heterocycles. The van der Waals surface area contributed by atoms with Crippen molar-refractivity contribution >= 4 is 49.5 Å². The summed E-state index contributed by atoms with van der Waals surface area (Å²) in [7, 11) is -3.84. The molecular weight excluding hydrogens is 474 g/mol. The van der Waals surface area contributed by atoms with Gasteiger partial charge < -0.3 is 15.1 Å². The smallest absolute Gasteiger partial charge is 0.291 e. The summed E-state index contributed by atoms with van der Waals surface area (Å²) in [6.45, 7) is 0. The van der Waals surface area contributed by atoms with Crippen LogP contribution in [0.5, 0.6) is 0 Å². The van der Waals surface area contributed by atoms with E-state index in [1.807, 2.05) is 0 Å². The Labute approximate surface area is 181 Å². The van der Waals surface area contributed by atoms with Gasteiger partial charge in [-0.25, -0.2) is 13.6 Å². The number of furan rings is 1. The van der Waals surface area contributed by atoms with E-state index in [-0.39, 0.29) is 16.4 Å². The Morgan fingerprint density at radius 1 is 1.00 bits per heavy atom. The fourth-order valence-electron chi connectivity index (χ4n) is 2.40. The highest BCUT2D eigenvalue weighted by Gasteiger charge is 2.17. The zero-order valence-electron chi connectivity index (χ0n) is 15.3. The number of nitrogens with two attached hydrogens (primary N) is 1. The van der Waals surface area contributed by atoms with Crippen molar-refractivity contribution in [1.29, 1.82) is 0 Å². The van der Waals surface area contributed by atoms with Crippen LogP contribution in [0.15, 0.2) is 86.4 Å². The molecule has 2 amide bonds. The third kappa shape index (κ3) is 5.66. The average Bonchev–Trinajstić information content (AvgIpc) is 3.24. The first-order valence-electron chi connectivity index (χ1n) is 8.49. The summed E-state index contributed by atoms with van der Waals surface area (Å²) in [5.41, 5.74) is 0.961. The summed E-state index contributed by atoms with van der Waals surface area (Å²) < 4.78 is 28.6. The SMILES string of the molecule is NS(=O)(=O)c1ccc(NC(=O)/C(=C/c2ccc(Br)cc2)NC(=O)c2ccco2)cc1. The third-order valence-corrected chi connectivity index (χ3v) is 5.32. The highest BCUT2D eigenvalue weighted by atomic mass is 79.9. The zero-order valence-corrected chi connectivity index (χ0v) is 17.7. The Morgan fingerprint density at radius 2 is 1.67 bits per heavy atom. The van der Waals surface area contributed by atoms with Crippen molar-refractivity contribution in [2.75, 3.05) is 5.32 Å². The molecule has 0 saturated heterocycles. The van der Waals surface area contributed by atoms with Gasteiger partial charge in [0.15, 0.2) is 5.76 Å². The van der Waals surface area contributed by atoms with Crippen LogP contribution in [0.4, 0.5) is 5.69 Å². The van der Waals surface area contributed by atoms with Crippen molar-refractivity contribution < 1.29 is 22.4 Å². The minimum Gasteiger partial charge on any atom is -0.459 e. The highest BCUT2D eigenvalue weighted by Crippen LogP contribution is 2.16. The van der Waals surface area contributed by atoms with Gasteiger partial charge in [0, 0.05) is 10.2 Å². The van der Waals surface area contributed by atoms with Gasteiger partial charge in [-0.1, -0.05) is 28.1 Å². The molecule has 30 heavy (non-hydrogen) atoms. The number of nitrogens with one attached hydrogen (secondary N) is 2. The Bertz CT molecular complexity index is 1190. The monoisotopic (exact) mass is 489 g/mol. The van der Waals surface area contributed by atoms with Crippen LogP contribution < -0.4 is 15.8 Å². The predicted octanol–water partition coefficient (Wildman–Crippen LogP) is 3.10. The number of hydrogen-bond donors (Lipinski definition) is 3. The van der Waals surface area contributed by atoms with E-state index in [4.69, 9.17) is 9.56 Å². The summed E-state index contributed by atoms with van der Waals surface area (Å²) in [4.78, 5) is 25.1. The second kappa shape index (κ2) is 9.08. The second-order valence-corrected chi connectivity index (χ2v) is 8.54. The zero-order chi connectivity index (χ0) is 21.7. The number of anilines is 1. The van der Waals surface area contributed by atoms with Crippen molar-refractivity contribution in [2.24, 2.45) is 5.14 Å². The van der Waals surface area contributed by atoms with Crippen LogP contribution in [0.1, 0.15) is 16.1 Å². The molecule has 0 bridgehead atoms. The number of sulfonamides is 1. The molecule has 0 radical (unpaired) electrons. The average molecular weight is 490 g/mol. The fourth-order valence-corrected chi connectivity index (χ4v) is 3.18. The van der Waals surface area contributed by atoms with Crippen molar-refractivity contribution in [3.8, 4) is 0 Å². The van der Waals surface area contributed by atoms with Crippen molar-refractivity contribution in [3.05, 3.63) is 88.4 Å². The molecule has 10 heteroatoms. The Kier molecular flexibility index (Phi) is 6.50. The molecule has 1 heterocycles. The number of carbonyl (C=O) groups is 2. The molecule has 4 N–H and O–H groups in total. The number of carbonyl (C=O) groups excluding carboxylic acids is 2. The van der Waals surface area contributed by atoms with Crippen LogP contribution in [0.3, 0.4) is 0 Å². The van der Waals surface area contributed by atoms with Crippen LogP contribution in [0.25, 0.3) is 6.08 Å². The third-order valence-electron chi connectivity index (χ3n) is 3.86. The summed E-state index contributed by atoms with van der Waals surface area (Å²) in [5.74, 6) is -1.16. The lowest BCUT2D eigenvalue weighted by molar-refractivity contribution is -0.113. The van der Waals surface area contributed by atoms with Crippen molar-refractivity contribution in [1.82, 2.24) is 5.32 Å². The maximum Gasteiger partial charge on any atom is 0.291 e. The lowest BCUT2D eigenvalue weighted by atomic mass is 10.2. The predicted molar refractivity (Wildman–Crippen MR) is 115 cm³/mol. The molecule has 0 unspecified atom stereocenters. The number of benzene rings is 2. The molecule has 0 spiro atoms. The first-order valence-corrected chi connectivity index (χ1v) is 10.8. The molecule has 0 saturated carbocycles. The van der Waals surface area contributed by atoms with E-state index >= 15 is 0 Å². The van der Waals surface area contributed by atoms with Gasteiger partial charge in [0.2, 0.25) is 10.0 Å². The molecule has 1 aromatic heterocycles. The van der Waals surface area contributed by atoms with Crippen LogP contribution >= 0.6 is 15.9 Å². The summed E-state index contributed by atoms with van der Waals surface area (Å²) in [6.07, 6.45) is 2.85. The highest BCUT2D eigenvalue weighted by molar-refractivity contribution is 9.10. The van der Waals surface area contributed by atoms with Gasteiger partial charge in [0.1, 0.15) is 5.70 Å². The Morgan fingerprint density at radius 3 is 2.23 bits per heavy atom. The quantitative estimate of drug-likeness (QED) is 0.457. The van der Waals surface area contributed by atoms with Crippen LogP contribution in [0, 0.1) is 0 Å². The standard InChI is InChI=1S/C20H16BrN3O5S/c21-14-5-3-13(4-6-14)12-17(24-20(26)18-2-1-11-29-18)19(25)23-15-7-9-16(10-8-15)30(22,27)28/h1-12H,(H,23,25)(H,24,26)(H2,22,27,28)/b17-12-. The molecule has 3 aromatic rings. The van der Waals surface area contributed by atoms with E-state index in [2.05, 4.69) is 26.6 Å². The van der Waals surface area contributed by atoms with E-state index in [0.717, 1.165) is 4.47 Å². The van der Waals surface area contributed by atoms with E-state index in [0.29, 0.717) is 11.3 Å². The van der Waals surface area contributed by atoms with E-state index in [1.54, 1.807) is 30.3 Å². The molecule has 0 aliphatic rings. The number of halogens is 1. The van der Waals surface area contributed by atoms with Crippen molar-refractivity contribution in [2.45, 2.75) is 4.90 Å². The minimum absolute atomic E-state index is 0.0331. The first kappa shape index (κ1) is 21.5.